The Morgan fingerprint density at radius 1 is 1.21 bits per heavy atom. The van der Waals surface area contributed by atoms with Gasteiger partial charge in [0.1, 0.15) is 0 Å². The fourth-order valence-corrected chi connectivity index (χ4v) is 3.78. The fourth-order valence-electron chi connectivity index (χ4n) is 3.65. The van der Waals surface area contributed by atoms with Gasteiger partial charge in [0.15, 0.2) is 0 Å². The smallest absolute Gasteiger partial charge is 0.331 e. The van der Waals surface area contributed by atoms with Crippen molar-refractivity contribution in [3.63, 3.8) is 0 Å². The molecule has 0 spiro atoms. The van der Waals surface area contributed by atoms with Crippen molar-refractivity contribution >= 4 is 22.9 Å². The van der Waals surface area contributed by atoms with Gasteiger partial charge in [-0.2, -0.15) is 0 Å². The van der Waals surface area contributed by atoms with Gasteiger partial charge in [-0.1, -0.05) is 44.5 Å². The molecule has 2 heterocycles. The molecule has 1 aromatic carbocycles. The molecule has 0 fully saturated rings. The monoisotopic (exact) mass is 400 g/mol. The molecule has 3 rings (SSSR count). The Hall–Kier alpha value is -2.27. The van der Waals surface area contributed by atoms with Crippen LogP contribution in [0.4, 0.5) is 0 Å². The highest BCUT2D eigenvalue weighted by Gasteiger charge is 2.27. The minimum atomic E-state index is -0.285. The Morgan fingerprint density at radius 3 is 2.50 bits per heavy atom. The fraction of sp³-hybridized carbons (Fsp3) is 0.409. The van der Waals surface area contributed by atoms with Gasteiger partial charge in [0.05, 0.1) is 17.8 Å². The summed E-state index contributed by atoms with van der Waals surface area (Å²) in [4.78, 5) is 26.0. The molecule has 0 saturated heterocycles. The van der Waals surface area contributed by atoms with Gasteiger partial charge in [-0.25, -0.2) is 4.79 Å². The highest BCUT2D eigenvalue weighted by atomic mass is 35.5. The average Bonchev–Trinajstić information content (AvgIpc) is 2.68. The van der Waals surface area contributed by atoms with E-state index in [0.717, 1.165) is 35.4 Å². The highest BCUT2D eigenvalue weighted by molar-refractivity contribution is 6.30. The summed E-state index contributed by atoms with van der Waals surface area (Å²) in [5, 5.41) is 4.12. The number of aromatic nitrogens is 2. The van der Waals surface area contributed by atoms with E-state index in [1.54, 1.807) is 11.6 Å². The summed E-state index contributed by atoms with van der Waals surface area (Å²) >= 11 is 6.06. The summed E-state index contributed by atoms with van der Waals surface area (Å²) in [5.41, 5.74) is 3.80. The van der Waals surface area contributed by atoms with Crippen LogP contribution in [-0.2, 0) is 20.1 Å². The molecule has 0 aliphatic carbocycles. The number of nitrogens with one attached hydrogen (secondary N) is 1. The van der Waals surface area contributed by atoms with Crippen LogP contribution >= 0.6 is 11.6 Å². The maximum atomic E-state index is 13.3. The second-order valence-electron chi connectivity index (χ2n) is 7.62. The number of halogens is 1. The minimum absolute atomic E-state index is 0.214. The lowest BCUT2D eigenvalue weighted by atomic mass is 9.90. The third-order valence-corrected chi connectivity index (χ3v) is 5.44. The molecule has 0 bridgehead atoms. The van der Waals surface area contributed by atoms with Gasteiger partial charge in [-0.3, -0.25) is 13.9 Å². The topological polar surface area (TPSA) is 56.0 Å². The Bertz CT molecular complexity index is 1010. The van der Waals surface area contributed by atoms with E-state index in [0.29, 0.717) is 36.0 Å². The van der Waals surface area contributed by atoms with Crippen molar-refractivity contribution in [2.45, 2.75) is 46.2 Å². The number of benzene rings is 1. The first-order valence-corrected chi connectivity index (χ1v) is 10.1. The number of allylic oxidation sites excluding steroid dienone is 1. The quantitative estimate of drug-likeness (QED) is 0.801. The first-order valence-electron chi connectivity index (χ1n) is 9.70. The zero-order valence-corrected chi connectivity index (χ0v) is 17.5. The first kappa shape index (κ1) is 20.5. The lowest BCUT2D eigenvalue weighted by Gasteiger charge is -2.27. The van der Waals surface area contributed by atoms with Crippen LogP contribution in [0.3, 0.4) is 0 Å². The molecule has 0 atom stereocenters. The van der Waals surface area contributed by atoms with Gasteiger partial charge in [-0.15, -0.1) is 0 Å². The number of fused-ring (bicyclic) bond motifs is 1. The van der Waals surface area contributed by atoms with Gasteiger partial charge < -0.3 is 5.32 Å². The Kier molecular flexibility index (Phi) is 6.14. The molecule has 2 aromatic rings. The number of rotatable bonds is 6. The number of hydrogen-bond acceptors (Lipinski definition) is 3. The Balaban J connectivity index is 2.28. The van der Waals surface area contributed by atoms with Crippen molar-refractivity contribution in [1.82, 2.24) is 14.5 Å². The summed E-state index contributed by atoms with van der Waals surface area (Å²) in [6.45, 7) is 8.90. The van der Waals surface area contributed by atoms with Crippen LogP contribution in [0.25, 0.3) is 11.3 Å². The van der Waals surface area contributed by atoms with E-state index in [-0.39, 0.29) is 11.2 Å². The van der Waals surface area contributed by atoms with Crippen LogP contribution in [0.15, 0.2) is 33.9 Å². The van der Waals surface area contributed by atoms with E-state index in [9.17, 15) is 9.59 Å². The van der Waals surface area contributed by atoms with Crippen LogP contribution < -0.4 is 16.6 Å². The van der Waals surface area contributed by atoms with Crippen LogP contribution in [0.2, 0.25) is 5.02 Å². The van der Waals surface area contributed by atoms with Gasteiger partial charge in [0.25, 0.3) is 5.56 Å². The van der Waals surface area contributed by atoms with Crippen LogP contribution in [0, 0.1) is 12.8 Å². The predicted molar refractivity (Wildman–Crippen MR) is 115 cm³/mol. The largest absolute Gasteiger partial charge is 0.379 e. The van der Waals surface area contributed by atoms with Crippen molar-refractivity contribution < 1.29 is 0 Å². The zero-order valence-electron chi connectivity index (χ0n) is 16.7. The highest BCUT2D eigenvalue weighted by Crippen LogP contribution is 2.33. The Labute approximate surface area is 170 Å². The number of hydrogen-bond donors (Lipinski definition) is 1. The summed E-state index contributed by atoms with van der Waals surface area (Å²) in [5.74, 6) is 0.499. The Morgan fingerprint density at radius 2 is 1.89 bits per heavy atom. The van der Waals surface area contributed by atoms with E-state index < -0.39 is 0 Å². The lowest BCUT2D eigenvalue weighted by molar-refractivity contribution is 0.562. The summed E-state index contributed by atoms with van der Waals surface area (Å²) in [6, 6.07) is 7.62. The average molecular weight is 401 g/mol. The predicted octanol–water partition coefficient (Wildman–Crippen LogP) is 3.83. The van der Waals surface area contributed by atoms with E-state index in [1.807, 2.05) is 24.3 Å². The number of nitrogens with zero attached hydrogens (tertiary/aromatic N) is 2. The van der Waals surface area contributed by atoms with Crippen LogP contribution in [0.5, 0.6) is 0 Å². The molecule has 6 heteroatoms. The first-order chi connectivity index (χ1) is 13.3. The van der Waals surface area contributed by atoms with E-state index >= 15 is 0 Å². The lowest BCUT2D eigenvalue weighted by Crippen LogP contribution is -2.44. The molecule has 0 unspecified atom stereocenters. The third kappa shape index (κ3) is 3.81. The van der Waals surface area contributed by atoms with Gasteiger partial charge in [0, 0.05) is 24.3 Å². The molecule has 28 heavy (non-hydrogen) atoms. The van der Waals surface area contributed by atoms with Gasteiger partial charge in [0.2, 0.25) is 0 Å². The molecule has 0 saturated carbocycles. The maximum absolute atomic E-state index is 13.3. The molecule has 149 valence electrons. The summed E-state index contributed by atoms with van der Waals surface area (Å²) in [7, 11) is 1.73. The van der Waals surface area contributed by atoms with Crippen molar-refractivity contribution in [1.29, 1.82) is 0 Å². The van der Waals surface area contributed by atoms with E-state index in [1.165, 1.54) is 4.57 Å². The minimum Gasteiger partial charge on any atom is -0.379 e. The van der Waals surface area contributed by atoms with Crippen LogP contribution in [0.1, 0.15) is 49.9 Å². The molecular weight excluding hydrogens is 374 g/mol. The molecule has 0 amide bonds. The molecular formula is C22H27ClN3O2. The normalized spacial score (nSPS) is 13.6. The van der Waals surface area contributed by atoms with Crippen molar-refractivity contribution in [2.24, 2.45) is 13.0 Å². The maximum Gasteiger partial charge on any atom is 0.331 e. The van der Waals surface area contributed by atoms with Crippen molar-refractivity contribution in [3.05, 3.63) is 73.9 Å². The van der Waals surface area contributed by atoms with E-state index in [4.69, 9.17) is 11.6 Å². The van der Waals surface area contributed by atoms with Gasteiger partial charge in [-0.05, 0) is 48.4 Å². The molecule has 5 nitrogen and oxygen atoms in total. The third-order valence-electron chi connectivity index (χ3n) is 5.19. The molecule has 1 aliphatic heterocycles. The van der Waals surface area contributed by atoms with Gasteiger partial charge >= 0.3 is 5.69 Å². The van der Waals surface area contributed by atoms with Crippen molar-refractivity contribution in [3.8, 4) is 0 Å². The molecule has 1 aromatic heterocycles. The standard InChI is InChI=1S/C22H27ClN3O2/c1-5-12-26-21(27)19-17(11-6-14(2)3)20(15-7-9-16(23)10-8-15)24-13-18(19)25(4)22(26)28/h7-10,14,24H,1,5-6,11-13H2,2-4H3. The molecule has 1 N–H and O–H groups in total. The summed E-state index contributed by atoms with van der Waals surface area (Å²) in [6.07, 6.45) is 2.19. The van der Waals surface area contributed by atoms with Crippen molar-refractivity contribution in [2.75, 3.05) is 0 Å². The zero-order chi connectivity index (χ0) is 20.4. The second kappa shape index (κ2) is 8.39. The second-order valence-corrected chi connectivity index (χ2v) is 8.06. The van der Waals surface area contributed by atoms with Crippen LogP contribution in [-0.4, -0.2) is 9.13 Å². The molecule has 1 radical (unpaired) electrons. The summed E-state index contributed by atoms with van der Waals surface area (Å²) < 4.78 is 2.90. The van der Waals surface area contributed by atoms with E-state index in [2.05, 4.69) is 26.1 Å². The molecule has 1 aliphatic rings. The SMILES string of the molecule is [CH2]CCn1c(=O)c2c(n(C)c1=O)CNC(c1ccc(Cl)cc1)=C2CCC(C)C.